The van der Waals surface area contributed by atoms with Crippen LogP contribution in [0.4, 0.5) is 5.82 Å². The molecule has 5 nitrogen and oxygen atoms in total. The molecule has 0 spiro atoms. The summed E-state index contributed by atoms with van der Waals surface area (Å²) in [6.07, 6.45) is 0.328. The standard InChI is InChI=1S/C14H17N3O2/c1-10-8-13(17(2)16-10)15-14(18)9-11-4-6-12(19-3)7-5-11/h4-8H,9H2,1-3H3,(H,15,18). The SMILES string of the molecule is COc1ccc(CC(=O)Nc2cc(C)nn2C)cc1. The predicted octanol–water partition coefficient (Wildman–Crippen LogP) is 1.92. The van der Waals surface area contributed by atoms with Crippen LogP contribution < -0.4 is 10.1 Å². The number of hydrogen-bond donors (Lipinski definition) is 1. The van der Waals surface area contributed by atoms with Crippen molar-refractivity contribution in [2.24, 2.45) is 7.05 Å². The number of ether oxygens (including phenoxy) is 1. The Morgan fingerprint density at radius 2 is 2.05 bits per heavy atom. The normalized spacial score (nSPS) is 10.3. The molecule has 1 aromatic heterocycles. The molecule has 0 fully saturated rings. The van der Waals surface area contributed by atoms with Gasteiger partial charge in [-0.1, -0.05) is 12.1 Å². The summed E-state index contributed by atoms with van der Waals surface area (Å²) in [7, 11) is 3.42. The van der Waals surface area contributed by atoms with Crippen LogP contribution in [-0.2, 0) is 18.3 Å². The zero-order valence-corrected chi connectivity index (χ0v) is 11.3. The quantitative estimate of drug-likeness (QED) is 0.912. The van der Waals surface area contributed by atoms with Crippen LogP contribution in [0, 0.1) is 6.92 Å². The highest BCUT2D eigenvalue weighted by molar-refractivity contribution is 5.91. The molecule has 5 heteroatoms. The van der Waals surface area contributed by atoms with Gasteiger partial charge in [0.05, 0.1) is 19.2 Å². The van der Waals surface area contributed by atoms with Crippen molar-refractivity contribution in [3.8, 4) is 5.75 Å². The molecule has 0 unspecified atom stereocenters. The van der Waals surface area contributed by atoms with Gasteiger partial charge in [0.15, 0.2) is 0 Å². The zero-order valence-electron chi connectivity index (χ0n) is 11.3. The smallest absolute Gasteiger partial charge is 0.229 e. The lowest BCUT2D eigenvalue weighted by atomic mass is 10.1. The van der Waals surface area contributed by atoms with E-state index in [1.165, 1.54) is 0 Å². The summed E-state index contributed by atoms with van der Waals surface area (Å²) in [5.74, 6) is 1.43. The van der Waals surface area contributed by atoms with E-state index in [2.05, 4.69) is 10.4 Å². The van der Waals surface area contributed by atoms with E-state index < -0.39 is 0 Å². The topological polar surface area (TPSA) is 56.1 Å². The zero-order chi connectivity index (χ0) is 13.8. The fourth-order valence-electron chi connectivity index (χ4n) is 1.84. The maximum absolute atomic E-state index is 11.9. The summed E-state index contributed by atoms with van der Waals surface area (Å²) in [6.45, 7) is 1.89. The number of amides is 1. The highest BCUT2D eigenvalue weighted by Crippen LogP contribution is 2.13. The second kappa shape index (κ2) is 5.56. The Bertz CT molecular complexity index is 573. The number of aromatic nitrogens is 2. The second-order valence-corrected chi connectivity index (χ2v) is 4.37. The van der Waals surface area contributed by atoms with Crippen molar-refractivity contribution >= 4 is 11.7 Å². The number of nitrogens with zero attached hydrogens (tertiary/aromatic N) is 2. The molecule has 1 aromatic carbocycles. The van der Waals surface area contributed by atoms with E-state index in [1.807, 2.05) is 37.3 Å². The molecule has 0 saturated carbocycles. The number of hydrogen-bond acceptors (Lipinski definition) is 3. The molecule has 19 heavy (non-hydrogen) atoms. The van der Waals surface area contributed by atoms with Crippen LogP contribution in [0.2, 0.25) is 0 Å². The van der Waals surface area contributed by atoms with Gasteiger partial charge in [-0.2, -0.15) is 5.10 Å². The second-order valence-electron chi connectivity index (χ2n) is 4.37. The third kappa shape index (κ3) is 3.34. The molecule has 0 atom stereocenters. The van der Waals surface area contributed by atoms with Crippen LogP contribution in [0.25, 0.3) is 0 Å². The van der Waals surface area contributed by atoms with E-state index in [9.17, 15) is 4.79 Å². The van der Waals surface area contributed by atoms with E-state index in [0.29, 0.717) is 12.2 Å². The number of carbonyl (C=O) groups is 1. The van der Waals surface area contributed by atoms with Crippen LogP contribution in [0.3, 0.4) is 0 Å². The van der Waals surface area contributed by atoms with E-state index in [0.717, 1.165) is 17.0 Å². The lowest BCUT2D eigenvalue weighted by molar-refractivity contribution is -0.115. The fraction of sp³-hybridized carbons (Fsp3) is 0.286. The van der Waals surface area contributed by atoms with Gasteiger partial charge >= 0.3 is 0 Å². The first kappa shape index (κ1) is 13.1. The Labute approximate surface area is 112 Å². The third-order valence-corrected chi connectivity index (χ3v) is 2.79. The molecule has 2 rings (SSSR count). The molecular weight excluding hydrogens is 242 g/mol. The van der Waals surface area contributed by atoms with E-state index in [-0.39, 0.29) is 5.91 Å². The van der Waals surface area contributed by atoms with Crippen LogP contribution in [-0.4, -0.2) is 22.8 Å². The number of benzene rings is 1. The summed E-state index contributed by atoms with van der Waals surface area (Å²) in [4.78, 5) is 11.9. The van der Waals surface area contributed by atoms with Crippen molar-refractivity contribution in [1.82, 2.24) is 9.78 Å². The van der Waals surface area contributed by atoms with Crippen molar-refractivity contribution in [2.45, 2.75) is 13.3 Å². The van der Waals surface area contributed by atoms with Gasteiger partial charge in [0.2, 0.25) is 5.91 Å². The molecule has 0 radical (unpaired) electrons. The van der Waals surface area contributed by atoms with Crippen LogP contribution >= 0.6 is 0 Å². The summed E-state index contributed by atoms with van der Waals surface area (Å²) < 4.78 is 6.73. The summed E-state index contributed by atoms with van der Waals surface area (Å²) in [5, 5.41) is 7.02. The van der Waals surface area contributed by atoms with Gasteiger partial charge in [-0.05, 0) is 24.6 Å². The fourth-order valence-corrected chi connectivity index (χ4v) is 1.84. The monoisotopic (exact) mass is 259 g/mol. The first-order chi connectivity index (χ1) is 9.08. The minimum Gasteiger partial charge on any atom is -0.497 e. The average Bonchev–Trinajstić information content (AvgIpc) is 2.68. The highest BCUT2D eigenvalue weighted by atomic mass is 16.5. The molecule has 0 bridgehead atoms. The molecule has 1 heterocycles. The molecule has 0 aliphatic heterocycles. The largest absolute Gasteiger partial charge is 0.497 e. The minimum absolute atomic E-state index is 0.0619. The van der Waals surface area contributed by atoms with Crippen LogP contribution in [0.15, 0.2) is 30.3 Å². The number of methoxy groups -OCH3 is 1. The van der Waals surface area contributed by atoms with Crippen LogP contribution in [0.5, 0.6) is 5.75 Å². The Hall–Kier alpha value is -2.30. The van der Waals surface area contributed by atoms with E-state index >= 15 is 0 Å². The predicted molar refractivity (Wildman–Crippen MR) is 73.3 cm³/mol. The van der Waals surface area contributed by atoms with Gasteiger partial charge < -0.3 is 10.1 Å². The van der Waals surface area contributed by atoms with Crippen molar-refractivity contribution in [3.63, 3.8) is 0 Å². The van der Waals surface area contributed by atoms with Crippen molar-refractivity contribution in [1.29, 1.82) is 0 Å². The highest BCUT2D eigenvalue weighted by Gasteiger charge is 2.08. The van der Waals surface area contributed by atoms with Crippen molar-refractivity contribution in [3.05, 3.63) is 41.6 Å². The molecule has 0 aliphatic carbocycles. The summed E-state index contributed by atoms with van der Waals surface area (Å²) >= 11 is 0. The molecule has 1 amide bonds. The molecule has 2 aromatic rings. The number of anilines is 1. The summed E-state index contributed by atoms with van der Waals surface area (Å²) in [6, 6.07) is 9.29. The molecule has 0 saturated heterocycles. The molecule has 0 aliphatic rings. The van der Waals surface area contributed by atoms with Gasteiger partial charge in [0.1, 0.15) is 11.6 Å². The lowest BCUT2D eigenvalue weighted by Gasteiger charge is -2.06. The van der Waals surface area contributed by atoms with Crippen LogP contribution in [0.1, 0.15) is 11.3 Å². The lowest BCUT2D eigenvalue weighted by Crippen LogP contribution is -2.16. The van der Waals surface area contributed by atoms with Crippen molar-refractivity contribution in [2.75, 3.05) is 12.4 Å². The van der Waals surface area contributed by atoms with E-state index in [4.69, 9.17) is 4.74 Å². The maximum Gasteiger partial charge on any atom is 0.229 e. The van der Waals surface area contributed by atoms with Gasteiger partial charge in [0, 0.05) is 13.1 Å². The number of rotatable bonds is 4. The molecule has 1 N–H and O–H groups in total. The first-order valence-corrected chi connectivity index (χ1v) is 6.02. The Morgan fingerprint density at radius 3 is 2.58 bits per heavy atom. The Balaban J connectivity index is 1.99. The van der Waals surface area contributed by atoms with Gasteiger partial charge in [-0.15, -0.1) is 0 Å². The number of aryl methyl sites for hydroxylation is 2. The third-order valence-electron chi connectivity index (χ3n) is 2.79. The Kier molecular flexibility index (Phi) is 3.85. The Morgan fingerprint density at radius 1 is 1.37 bits per heavy atom. The number of nitrogens with one attached hydrogen (secondary N) is 1. The molecule has 100 valence electrons. The van der Waals surface area contributed by atoms with Gasteiger partial charge in [-0.25, -0.2) is 0 Å². The van der Waals surface area contributed by atoms with Crippen molar-refractivity contribution < 1.29 is 9.53 Å². The maximum atomic E-state index is 11.9. The minimum atomic E-state index is -0.0619. The number of carbonyl (C=O) groups excluding carboxylic acids is 1. The molecular formula is C14H17N3O2. The van der Waals surface area contributed by atoms with Gasteiger partial charge in [-0.3, -0.25) is 9.48 Å². The summed E-state index contributed by atoms with van der Waals surface area (Å²) in [5.41, 5.74) is 1.82. The van der Waals surface area contributed by atoms with Gasteiger partial charge in [0.25, 0.3) is 0 Å². The van der Waals surface area contributed by atoms with E-state index in [1.54, 1.807) is 18.8 Å². The first-order valence-electron chi connectivity index (χ1n) is 6.02. The average molecular weight is 259 g/mol.